The van der Waals surface area contributed by atoms with Gasteiger partial charge in [-0.05, 0) is 32.9 Å². The molecule has 0 aromatic carbocycles. The molecule has 0 amide bonds. The zero-order valence-electron chi connectivity index (χ0n) is 13.0. The van der Waals surface area contributed by atoms with Crippen molar-refractivity contribution < 1.29 is 14.2 Å². The Balaban J connectivity index is 2.11. The summed E-state index contributed by atoms with van der Waals surface area (Å²) in [7, 11) is 1.67. The van der Waals surface area contributed by atoms with Crippen LogP contribution >= 0.6 is 11.3 Å². The minimum absolute atomic E-state index is 0.153. The Hall–Kier alpha value is -0.460. The Morgan fingerprint density at radius 3 is 2.35 bits per heavy atom. The summed E-state index contributed by atoms with van der Waals surface area (Å²) in [6.45, 7) is 10.6. The summed E-state index contributed by atoms with van der Waals surface area (Å²) in [6, 6.07) is 4.30. The molecular weight excluding hydrogens is 274 g/mol. The molecule has 1 aromatic rings. The molecule has 0 unspecified atom stereocenters. The predicted molar refractivity (Wildman–Crippen MR) is 83.3 cm³/mol. The molecule has 0 bridgehead atoms. The van der Waals surface area contributed by atoms with Crippen molar-refractivity contribution >= 4 is 11.3 Å². The first-order chi connectivity index (χ1) is 9.51. The first-order valence-electron chi connectivity index (χ1n) is 6.98. The predicted octanol–water partition coefficient (Wildman–Crippen LogP) is 2.82. The Labute approximate surface area is 126 Å². The van der Waals surface area contributed by atoms with Crippen LogP contribution in [0, 0.1) is 0 Å². The standard InChI is InChI=1S/C15H27NO3S/c1-15(2,3)16-11-13-5-6-14(20-13)12-19-10-9-18-8-7-17-4/h5-6,16H,7-12H2,1-4H3. The van der Waals surface area contributed by atoms with E-state index in [2.05, 4.69) is 38.2 Å². The van der Waals surface area contributed by atoms with Gasteiger partial charge >= 0.3 is 0 Å². The first-order valence-corrected chi connectivity index (χ1v) is 7.80. The van der Waals surface area contributed by atoms with Crippen LogP contribution in [0.15, 0.2) is 12.1 Å². The maximum Gasteiger partial charge on any atom is 0.0810 e. The number of nitrogens with one attached hydrogen (secondary N) is 1. The average molecular weight is 301 g/mol. The number of thiophene rings is 1. The lowest BCUT2D eigenvalue weighted by Gasteiger charge is -2.19. The van der Waals surface area contributed by atoms with Crippen molar-refractivity contribution in [3.63, 3.8) is 0 Å². The van der Waals surface area contributed by atoms with Crippen LogP contribution in [0.5, 0.6) is 0 Å². The molecule has 0 aliphatic heterocycles. The Morgan fingerprint density at radius 2 is 1.65 bits per heavy atom. The average Bonchev–Trinajstić information content (AvgIpc) is 2.82. The van der Waals surface area contributed by atoms with Gasteiger partial charge in [-0.1, -0.05) is 0 Å². The Bertz CT molecular complexity index is 360. The molecule has 116 valence electrons. The van der Waals surface area contributed by atoms with Gasteiger partial charge in [0, 0.05) is 28.9 Å². The smallest absolute Gasteiger partial charge is 0.0810 e. The summed E-state index contributed by atoms with van der Waals surface area (Å²) < 4.78 is 15.8. The van der Waals surface area contributed by atoms with Gasteiger partial charge in [0.25, 0.3) is 0 Å². The van der Waals surface area contributed by atoms with Gasteiger partial charge in [-0.25, -0.2) is 0 Å². The third-order valence-electron chi connectivity index (χ3n) is 2.56. The second kappa shape index (κ2) is 9.47. The lowest BCUT2D eigenvalue weighted by molar-refractivity contribution is 0.0205. The summed E-state index contributed by atoms with van der Waals surface area (Å²) >= 11 is 1.80. The second-order valence-electron chi connectivity index (χ2n) is 5.63. The van der Waals surface area contributed by atoms with Crippen molar-refractivity contribution in [1.29, 1.82) is 0 Å². The highest BCUT2D eigenvalue weighted by Crippen LogP contribution is 2.18. The van der Waals surface area contributed by atoms with Gasteiger partial charge in [0.15, 0.2) is 0 Å². The number of methoxy groups -OCH3 is 1. The van der Waals surface area contributed by atoms with E-state index in [-0.39, 0.29) is 5.54 Å². The maximum atomic E-state index is 5.58. The van der Waals surface area contributed by atoms with Crippen LogP contribution in [0.2, 0.25) is 0 Å². The molecule has 1 heterocycles. The van der Waals surface area contributed by atoms with Crippen LogP contribution in [0.1, 0.15) is 30.5 Å². The summed E-state index contributed by atoms with van der Waals surface area (Å²) in [4.78, 5) is 2.60. The zero-order chi connectivity index (χ0) is 14.8. The maximum absolute atomic E-state index is 5.58. The summed E-state index contributed by atoms with van der Waals surface area (Å²) in [5, 5.41) is 3.49. The molecule has 4 nitrogen and oxygen atoms in total. The molecule has 0 aliphatic carbocycles. The van der Waals surface area contributed by atoms with Crippen molar-refractivity contribution in [1.82, 2.24) is 5.32 Å². The topological polar surface area (TPSA) is 39.7 Å². The molecule has 0 aliphatic rings. The van der Waals surface area contributed by atoms with Crippen LogP contribution < -0.4 is 5.32 Å². The first kappa shape index (κ1) is 17.6. The number of hydrogen-bond acceptors (Lipinski definition) is 5. The van der Waals surface area contributed by atoms with E-state index in [0.29, 0.717) is 33.0 Å². The lowest BCUT2D eigenvalue weighted by Crippen LogP contribution is -2.34. The van der Waals surface area contributed by atoms with E-state index in [1.165, 1.54) is 9.75 Å². The van der Waals surface area contributed by atoms with Gasteiger partial charge in [-0.15, -0.1) is 11.3 Å². The van der Waals surface area contributed by atoms with Crippen LogP contribution in [-0.2, 0) is 27.4 Å². The van der Waals surface area contributed by atoms with E-state index in [1.807, 2.05) is 0 Å². The molecule has 20 heavy (non-hydrogen) atoms. The Kier molecular flexibility index (Phi) is 8.33. The van der Waals surface area contributed by atoms with Crippen LogP contribution in [-0.4, -0.2) is 39.1 Å². The third-order valence-corrected chi connectivity index (χ3v) is 3.62. The molecule has 1 aromatic heterocycles. The fourth-order valence-electron chi connectivity index (χ4n) is 1.48. The Morgan fingerprint density at radius 1 is 1.00 bits per heavy atom. The van der Waals surface area contributed by atoms with Gasteiger partial charge in [-0.2, -0.15) is 0 Å². The molecule has 0 fully saturated rings. The van der Waals surface area contributed by atoms with Crippen molar-refractivity contribution in [3.8, 4) is 0 Å². The molecule has 0 atom stereocenters. The van der Waals surface area contributed by atoms with Gasteiger partial charge in [0.05, 0.1) is 33.0 Å². The highest BCUT2D eigenvalue weighted by molar-refractivity contribution is 7.11. The van der Waals surface area contributed by atoms with Gasteiger partial charge < -0.3 is 19.5 Å². The normalized spacial score (nSPS) is 12.0. The van der Waals surface area contributed by atoms with Crippen molar-refractivity contribution in [3.05, 3.63) is 21.9 Å². The summed E-state index contributed by atoms with van der Waals surface area (Å²) in [5.41, 5.74) is 0.153. The molecule has 0 spiro atoms. The molecule has 1 rings (SSSR count). The van der Waals surface area contributed by atoms with Crippen molar-refractivity contribution in [2.45, 2.75) is 39.5 Å². The lowest BCUT2D eigenvalue weighted by atomic mass is 10.1. The van der Waals surface area contributed by atoms with Crippen LogP contribution in [0.4, 0.5) is 0 Å². The molecule has 1 N–H and O–H groups in total. The van der Waals surface area contributed by atoms with Crippen LogP contribution in [0.3, 0.4) is 0 Å². The van der Waals surface area contributed by atoms with E-state index in [1.54, 1.807) is 18.4 Å². The van der Waals surface area contributed by atoms with E-state index < -0.39 is 0 Å². The fraction of sp³-hybridized carbons (Fsp3) is 0.733. The number of ether oxygens (including phenoxy) is 3. The van der Waals surface area contributed by atoms with Crippen molar-refractivity contribution in [2.75, 3.05) is 33.5 Å². The van der Waals surface area contributed by atoms with Gasteiger partial charge in [-0.3, -0.25) is 0 Å². The van der Waals surface area contributed by atoms with E-state index in [4.69, 9.17) is 14.2 Å². The summed E-state index contributed by atoms with van der Waals surface area (Å²) in [6.07, 6.45) is 0. The minimum Gasteiger partial charge on any atom is -0.382 e. The minimum atomic E-state index is 0.153. The molecule has 0 saturated carbocycles. The number of rotatable bonds is 10. The van der Waals surface area contributed by atoms with Crippen LogP contribution in [0.25, 0.3) is 0 Å². The largest absolute Gasteiger partial charge is 0.382 e. The molecule has 5 heteroatoms. The molecular formula is C15H27NO3S. The fourth-order valence-corrected chi connectivity index (χ4v) is 2.38. The third kappa shape index (κ3) is 8.66. The van der Waals surface area contributed by atoms with Crippen molar-refractivity contribution in [2.24, 2.45) is 0 Å². The van der Waals surface area contributed by atoms with E-state index in [9.17, 15) is 0 Å². The highest BCUT2D eigenvalue weighted by Gasteiger charge is 2.09. The molecule has 0 saturated heterocycles. The quantitative estimate of drug-likeness (QED) is 0.675. The van der Waals surface area contributed by atoms with Gasteiger partial charge in [0.2, 0.25) is 0 Å². The molecule has 0 radical (unpaired) electrons. The van der Waals surface area contributed by atoms with Gasteiger partial charge in [0.1, 0.15) is 0 Å². The second-order valence-corrected chi connectivity index (χ2v) is 6.88. The monoisotopic (exact) mass is 301 g/mol. The summed E-state index contributed by atoms with van der Waals surface area (Å²) in [5.74, 6) is 0. The number of hydrogen-bond donors (Lipinski definition) is 1. The zero-order valence-corrected chi connectivity index (χ0v) is 13.8. The van der Waals surface area contributed by atoms with E-state index in [0.717, 1.165) is 6.54 Å². The van der Waals surface area contributed by atoms with E-state index >= 15 is 0 Å². The highest BCUT2D eigenvalue weighted by atomic mass is 32.1. The SMILES string of the molecule is COCCOCCOCc1ccc(CNC(C)(C)C)s1.